The fraction of sp³-hybridized carbons (Fsp3) is 0.889. The fourth-order valence-electron chi connectivity index (χ4n) is 1.26. The van der Waals surface area contributed by atoms with Crippen LogP contribution in [0.5, 0.6) is 0 Å². The summed E-state index contributed by atoms with van der Waals surface area (Å²) in [4.78, 5) is 10.7. The molecule has 1 unspecified atom stereocenters. The maximum atomic E-state index is 10.7. The van der Waals surface area contributed by atoms with E-state index in [1.54, 1.807) is 6.92 Å². The second-order valence-corrected chi connectivity index (χ2v) is 3.61. The van der Waals surface area contributed by atoms with Gasteiger partial charge in [-0.1, -0.05) is 26.7 Å². The third-order valence-corrected chi connectivity index (χ3v) is 2.36. The van der Waals surface area contributed by atoms with E-state index < -0.39 is 11.5 Å². The van der Waals surface area contributed by atoms with E-state index in [0.717, 1.165) is 12.8 Å². The zero-order valence-electron chi connectivity index (χ0n) is 8.13. The van der Waals surface area contributed by atoms with Crippen molar-refractivity contribution in [1.82, 2.24) is 0 Å². The summed E-state index contributed by atoms with van der Waals surface area (Å²) in [7, 11) is 0. The molecule has 12 heavy (non-hydrogen) atoms. The first kappa shape index (κ1) is 11.4. The second-order valence-electron chi connectivity index (χ2n) is 3.61. The van der Waals surface area contributed by atoms with E-state index >= 15 is 0 Å². The maximum absolute atomic E-state index is 10.7. The molecule has 0 radical (unpaired) electrons. The van der Waals surface area contributed by atoms with E-state index in [2.05, 4.69) is 13.8 Å². The molecule has 0 fully saturated rings. The molecule has 3 heteroatoms. The van der Waals surface area contributed by atoms with Crippen LogP contribution >= 0.6 is 0 Å². The predicted molar refractivity (Wildman–Crippen MR) is 48.9 cm³/mol. The Kier molecular flexibility index (Phi) is 4.24. The molecule has 0 saturated heterocycles. The molecular formula is C9H19NO2. The molecule has 0 aromatic rings. The third kappa shape index (κ3) is 3.22. The molecule has 0 aromatic carbocycles. The first-order valence-electron chi connectivity index (χ1n) is 4.46. The molecule has 0 amide bonds. The van der Waals surface area contributed by atoms with Crippen molar-refractivity contribution in [3.63, 3.8) is 0 Å². The minimum absolute atomic E-state index is 0.427. The highest BCUT2D eigenvalue weighted by Gasteiger charge is 2.29. The Labute approximate surface area is 74.0 Å². The lowest BCUT2D eigenvalue weighted by Crippen LogP contribution is -2.46. The van der Waals surface area contributed by atoms with E-state index in [1.165, 1.54) is 0 Å². The molecule has 0 spiro atoms. The summed E-state index contributed by atoms with van der Waals surface area (Å²) in [6.45, 7) is 5.70. The van der Waals surface area contributed by atoms with Crippen LogP contribution in [0.25, 0.3) is 0 Å². The Morgan fingerprint density at radius 1 is 1.50 bits per heavy atom. The van der Waals surface area contributed by atoms with Crippen molar-refractivity contribution >= 4 is 5.97 Å². The number of carbonyl (C=O) groups is 1. The Morgan fingerprint density at radius 2 is 1.92 bits per heavy atom. The van der Waals surface area contributed by atoms with Gasteiger partial charge in [0.1, 0.15) is 5.54 Å². The van der Waals surface area contributed by atoms with E-state index in [9.17, 15) is 4.79 Å². The monoisotopic (exact) mass is 173 g/mol. The van der Waals surface area contributed by atoms with Crippen LogP contribution in [0.3, 0.4) is 0 Å². The van der Waals surface area contributed by atoms with Gasteiger partial charge >= 0.3 is 5.97 Å². The molecule has 3 N–H and O–H groups in total. The van der Waals surface area contributed by atoms with Gasteiger partial charge in [-0.3, -0.25) is 4.79 Å². The third-order valence-electron chi connectivity index (χ3n) is 2.36. The number of carboxylic acids is 1. The molecular weight excluding hydrogens is 154 g/mol. The van der Waals surface area contributed by atoms with Crippen molar-refractivity contribution in [2.75, 3.05) is 0 Å². The lowest BCUT2D eigenvalue weighted by molar-refractivity contribution is -0.143. The Morgan fingerprint density at radius 3 is 2.17 bits per heavy atom. The van der Waals surface area contributed by atoms with E-state index in [0.29, 0.717) is 12.3 Å². The van der Waals surface area contributed by atoms with Crippen LogP contribution in [-0.2, 0) is 4.79 Å². The summed E-state index contributed by atoms with van der Waals surface area (Å²) >= 11 is 0. The average molecular weight is 173 g/mol. The molecule has 1 atom stereocenters. The van der Waals surface area contributed by atoms with Gasteiger partial charge < -0.3 is 10.8 Å². The average Bonchev–Trinajstić information content (AvgIpc) is 2.00. The van der Waals surface area contributed by atoms with E-state index in [1.807, 2.05) is 0 Å². The largest absolute Gasteiger partial charge is 0.480 e. The molecule has 0 rings (SSSR count). The smallest absolute Gasteiger partial charge is 0.323 e. The van der Waals surface area contributed by atoms with E-state index in [-0.39, 0.29) is 0 Å². The zero-order valence-corrected chi connectivity index (χ0v) is 8.13. The first-order valence-corrected chi connectivity index (χ1v) is 4.46. The highest BCUT2D eigenvalue weighted by Crippen LogP contribution is 2.20. The van der Waals surface area contributed by atoms with Gasteiger partial charge in [-0.05, 0) is 19.3 Å². The Hall–Kier alpha value is -0.570. The number of carboxylic acid groups (broad SMARTS) is 1. The molecule has 0 aromatic heterocycles. The summed E-state index contributed by atoms with van der Waals surface area (Å²) in [6.07, 6.45) is 2.56. The summed E-state index contributed by atoms with van der Waals surface area (Å²) < 4.78 is 0. The minimum atomic E-state index is -1.06. The summed E-state index contributed by atoms with van der Waals surface area (Å²) in [6, 6.07) is 0. The molecule has 0 bridgehead atoms. The van der Waals surface area contributed by atoms with Gasteiger partial charge in [-0.25, -0.2) is 0 Å². The van der Waals surface area contributed by atoms with Gasteiger partial charge in [0.25, 0.3) is 0 Å². The highest BCUT2D eigenvalue weighted by atomic mass is 16.4. The number of hydrogen-bond acceptors (Lipinski definition) is 2. The Balaban J connectivity index is 4.12. The van der Waals surface area contributed by atoms with E-state index in [4.69, 9.17) is 10.8 Å². The number of hydrogen-bond donors (Lipinski definition) is 2. The standard InChI is InChI=1S/C9H19NO2/c1-4-7(5-2)6-9(3,10)8(11)12/h7H,4-6,10H2,1-3H3,(H,11,12). The van der Waals surface area contributed by atoms with Gasteiger partial charge in [0.05, 0.1) is 0 Å². The van der Waals surface area contributed by atoms with Crippen molar-refractivity contribution in [2.24, 2.45) is 11.7 Å². The van der Waals surface area contributed by atoms with Gasteiger partial charge in [-0.15, -0.1) is 0 Å². The SMILES string of the molecule is CCC(CC)CC(C)(N)C(=O)O. The van der Waals surface area contributed by atoms with Crippen LogP contribution in [0.15, 0.2) is 0 Å². The summed E-state index contributed by atoms with van der Waals surface area (Å²) in [5.74, 6) is -0.481. The molecule has 72 valence electrons. The van der Waals surface area contributed by atoms with Crippen LogP contribution in [0.2, 0.25) is 0 Å². The minimum Gasteiger partial charge on any atom is -0.480 e. The van der Waals surface area contributed by atoms with Crippen LogP contribution in [0.1, 0.15) is 40.0 Å². The molecule has 0 aliphatic rings. The zero-order chi connectivity index (χ0) is 9.78. The molecule has 0 aliphatic heterocycles. The van der Waals surface area contributed by atoms with Crippen molar-refractivity contribution in [3.05, 3.63) is 0 Å². The molecule has 0 aliphatic carbocycles. The summed E-state index contributed by atoms with van der Waals surface area (Å²) in [5, 5.41) is 8.76. The second kappa shape index (κ2) is 4.45. The number of aliphatic carboxylic acids is 1. The van der Waals surface area contributed by atoms with Crippen LogP contribution < -0.4 is 5.73 Å². The number of nitrogens with two attached hydrogens (primary N) is 1. The molecule has 3 nitrogen and oxygen atoms in total. The quantitative estimate of drug-likeness (QED) is 0.664. The van der Waals surface area contributed by atoms with Gasteiger partial charge in [0.2, 0.25) is 0 Å². The maximum Gasteiger partial charge on any atom is 0.323 e. The van der Waals surface area contributed by atoms with Crippen molar-refractivity contribution < 1.29 is 9.90 Å². The molecule has 0 saturated carbocycles. The van der Waals surface area contributed by atoms with Crippen molar-refractivity contribution in [3.8, 4) is 0 Å². The topological polar surface area (TPSA) is 63.3 Å². The van der Waals surface area contributed by atoms with Crippen LogP contribution in [0, 0.1) is 5.92 Å². The van der Waals surface area contributed by atoms with Gasteiger partial charge in [-0.2, -0.15) is 0 Å². The van der Waals surface area contributed by atoms with Gasteiger partial charge in [0.15, 0.2) is 0 Å². The Bertz CT molecular complexity index is 151. The molecule has 0 heterocycles. The van der Waals surface area contributed by atoms with Crippen LogP contribution in [-0.4, -0.2) is 16.6 Å². The van der Waals surface area contributed by atoms with Crippen molar-refractivity contribution in [2.45, 2.75) is 45.6 Å². The predicted octanol–water partition coefficient (Wildman–Crippen LogP) is 1.61. The van der Waals surface area contributed by atoms with Crippen molar-refractivity contribution in [1.29, 1.82) is 0 Å². The summed E-state index contributed by atoms with van der Waals surface area (Å²) in [5.41, 5.74) is 4.55. The van der Waals surface area contributed by atoms with Gasteiger partial charge in [0, 0.05) is 0 Å². The fourth-order valence-corrected chi connectivity index (χ4v) is 1.26. The lowest BCUT2D eigenvalue weighted by atomic mass is 9.87. The normalized spacial score (nSPS) is 16.1. The van der Waals surface area contributed by atoms with Crippen LogP contribution in [0.4, 0.5) is 0 Å². The lowest BCUT2D eigenvalue weighted by Gasteiger charge is -2.24. The highest BCUT2D eigenvalue weighted by molar-refractivity contribution is 5.77. The number of rotatable bonds is 5. The first-order chi connectivity index (χ1) is 5.44.